The summed E-state index contributed by atoms with van der Waals surface area (Å²) >= 11 is 6.10. The topological polar surface area (TPSA) is 66.8 Å². The summed E-state index contributed by atoms with van der Waals surface area (Å²) in [6.45, 7) is 4.44. The smallest absolute Gasteiger partial charge is 0.332 e. The Morgan fingerprint density at radius 2 is 1.77 bits per heavy atom. The van der Waals surface area contributed by atoms with Crippen LogP contribution in [0.2, 0.25) is 5.02 Å². The molecule has 0 saturated heterocycles. The third-order valence-corrected chi connectivity index (χ3v) is 5.78. The molecule has 2 aromatic rings. The van der Waals surface area contributed by atoms with E-state index in [-0.39, 0.29) is 43.8 Å². The van der Waals surface area contributed by atoms with Gasteiger partial charge in [-0.25, -0.2) is 0 Å². The van der Waals surface area contributed by atoms with Crippen molar-refractivity contribution >= 4 is 19.2 Å². The highest BCUT2D eigenvalue weighted by Crippen LogP contribution is 2.47. The Kier molecular flexibility index (Phi) is 7.91. The highest BCUT2D eigenvalue weighted by atomic mass is 35.5. The lowest BCUT2D eigenvalue weighted by Crippen LogP contribution is -2.23. The van der Waals surface area contributed by atoms with Crippen molar-refractivity contribution in [1.82, 2.24) is 4.57 Å². The fraction of sp³-hybridized carbons (Fsp3) is 0.389. The summed E-state index contributed by atoms with van der Waals surface area (Å²) in [4.78, 5) is 12.6. The lowest BCUT2D eigenvalue weighted by Gasteiger charge is -2.18. The zero-order valence-electron chi connectivity index (χ0n) is 14.9. The second kappa shape index (κ2) is 9.93. The quantitative estimate of drug-likeness (QED) is 0.556. The molecule has 0 N–H and O–H groups in total. The molecule has 0 atom stereocenters. The Bertz CT molecular complexity index is 799. The maximum atomic E-state index is 12.6. The number of aryl methyl sites for hydroxylation is 1. The van der Waals surface area contributed by atoms with Crippen LogP contribution in [-0.4, -0.2) is 23.9 Å². The SMILES string of the molecule is CCOP(=O)(CCn1cc(Cl)cc(OCc2ccccc2)c1=O)OCC. The van der Waals surface area contributed by atoms with Crippen LogP contribution in [0.15, 0.2) is 47.4 Å². The molecule has 1 aromatic carbocycles. The Hall–Kier alpha value is -1.59. The Labute approximate surface area is 158 Å². The summed E-state index contributed by atoms with van der Waals surface area (Å²) in [7, 11) is -3.24. The first-order valence-corrected chi connectivity index (χ1v) is 10.5. The molecule has 0 unspecified atom stereocenters. The molecule has 0 aliphatic rings. The van der Waals surface area contributed by atoms with Crippen molar-refractivity contribution in [3.63, 3.8) is 0 Å². The van der Waals surface area contributed by atoms with Gasteiger partial charge in [-0.05, 0) is 19.4 Å². The van der Waals surface area contributed by atoms with E-state index in [9.17, 15) is 9.36 Å². The van der Waals surface area contributed by atoms with Crippen LogP contribution >= 0.6 is 19.2 Å². The summed E-state index contributed by atoms with van der Waals surface area (Å²) in [5, 5.41) is 0.357. The van der Waals surface area contributed by atoms with Gasteiger partial charge in [0, 0.05) is 18.8 Å². The summed E-state index contributed by atoms with van der Waals surface area (Å²) in [6.07, 6.45) is 1.56. The Morgan fingerprint density at radius 3 is 2.38 bits per heavy atom. The van der Waals surface area contributed by atoms with Gasteiger partial charge >= 0.3 is 7.60 Å². The molecule has 6 nitrogen and oxygen atoms in total. The summed E-state index contributed by atoms with van der Waals surface area (Å²) in [6, 6.07) is 11.0. The van der Waals surface area contributed by atoms with E-state index in [1.807, 2.05) is 30.3 Å². The van der Waals surface area contributed by atoms with E-state index in [1.165, 1.54) is 16.8 Å². The highest BCUT2D eigenvalue weighted by molar-refractivity contribution is 7.53. The molecule has 2 rings (SSSR count). The van der Waals surface area contributed by atoms with Gasteiger partial charge in [0.2, 0.25) is 0 Å². The second-order valence-electron chi connectivity index (χ2n) is 5.47. The van der Waals surface area contributed by atoms with Crippen LogP contribution in [0.25, 0.3) is 0 Å². The van der Waals surface area contributed by atoms with Crippen molar-refractivity contribution in [2.45, 2.75) is 27.0 Å². The highest BCUT2D eigenvalue weighted by Gasteiger charge is 2.23. The lowest BCUT2D eigenvalue weighted by molar-refractivity contribution is 0.219. The molecule has 0 amide bonds. The summed E-state index contributed by atoms with van der Waals surface area (Å²) < 4.78 is 30.0. The first-order chi connectivity index (χ1) is 12.5. The fourth-order valence-electron chi connectivity index (χ4n) is 2.37. The van der Waals surface area contributed by atoms with E-state index in [0.29, 0.717) is 5.02 Å². The van der Waals surface area contributed by atoms with Crippen molar-refractivity contribution < 1.29 is 18.3 Å². The largest absolute Gasteiger partial charge is 0.483 e. The molecule has 0 saturated carbocycles. The van der Waals surface area contributed by atoms with Gasteiger partial charge in [0.25, 0.3) is 5.56 Å². The first kappa shape index (κ1) is 20.7. The molecule has 142 valence electrons. The number of benzene rings is 1. The predicted octanol–water partition coefficient (Wildman–Crippen LogP) is 4.35. The van der Waals surface area contributed by atoms with Gasteiger partial charge in [0.1, 0.15) is 6.61 Å². The van der Waals surface area contributed by atoms with Crippen LogP contribution in [-0.2, 0) is 26.8 Å². The van der Waals surface area contributed by atoms with Crippen molar-refractivity contribution in [1.29, 1.82) is 0 Å². The number of hydrogen-bond acceptors (Lipinski definition) is 5. The molecule has 8 heteroatoms. The van der Waals surface area contributed by atoms with Crippen LogP contribution in [0.3, 0.4) is 0 Å². The number of rotatable bonds is 10. The number of nitrogens with zero attached hydrogens (tertiary/aromatic N) is 1. The lowest BCUT2D eigenvalue weighted by atomic mass is 10.2. The van der Waals surface area contributed by atoms with Gasteiger partial charge in [-0.2, -0.15) is 0 Å². The standard InChI is InChI=1S/C18H23ClNO5P/c1-3-24-26(22,25-4-2)11-10-20-13-16(19)12-17(18(20)21)23-14-15-8-6-5-7-9-15/h5-9,12-13H,3-4,10-11,14H2,1-2H3. The van der Waals surface area contributed by atoms with Gasteiger partial charge < -0.3 is 18.4 Å². The predicted molar refractivity (Wildman–Crippen MR) is 102 cm³/mol. The zero-order chi connectivity index (χ0) is 19.0. The van der Waals surface area contributed by atoms with Crippen LogP contribution in [0.4, 0.5) is 0 Å². The minimum atomic E-state index is -3.24. The van der Waals surface area contributed by atoms with E-state index in [1.54, 1.807) is 13.8 Å². The molecular formula is C18H23ClNO5P. The van der Waals surface area contributed by atoms with Crippen molar-refractivity contribution in [2.24, 2.45) is 0 Å². The van der Waals surface area contributed by atoms with E-state index < -0.39 is 7.60 Å². The monoisotopic (exact) mass is 399 g/mol. The van der Waals surface area contributed by atoms with Crippen LogP contribution < -0.4 is 10.3 Å². The van der Waals surface area contributed by atoms with Gasteiger partial charge in [0.05, 0.1) is 24.4 Å². The molecule has 0 aliphatic carbocycles. The molecule has 0 spiro atoms. The Balaban J connectivity index is 2.13. The molecule has 0 bridgehead atoms. The van der Waals surface area contributed by atoms with Crippen LogP contribution in [0, 0.1) is 0 Å². The van der Waals surface area contributed by atoms with E-state index in [2.05, 4.69) is 0 Å². The molecule has 1 heterocycles. The third kappa shape index (κ3) is 5.99. The molecular weight excluding hydrogens is 377 g/mol. The fourth-order valence-corrected chi connectivity index (χ4v) is 4.16. The summed E-state index contributed by atoms with van der Waals surface area (Å²) in [5.74, 6) is 0.143. The molecule has 0 aliphatic heterocycles. The van der Waals surface area contributed by atoms with Gasteiger partial charge in [-0.1, -0.05) is 41.9 Å². The van der Waals surface area contributed by atoms with Gasteiger partial charge in [-0.3, -0.25) is 9.36 Å². The first-order valence-electron chi connectivity index (χ1n) is 8.42. The minimum absolute atomic E-state index is 0.0764. The van der Waals surface area contributed by atoms with Crippen LogP contribution in [0.5, 0.6) is 5.75 Å². The third-order valence-electron chi connectivity index (χ3n) is 3.52. The molecule has 0 fully saturated rings. The summed E-state index contributed by atoms with van der Waals surface area (Å²) in [5.41, 5.74) is 0.598. The Morgan fingerprint density at radius 1 is 1.12 bits per heavy atom. The zero-order valence-corrected chi connectivity index (χ0v) is 16.5. The van der Waals surface area contributed by atoms with Gasteiger partial charge in [0.15, 0.2) is 5.75 Å². The van der Waals surface area contributed by atoms with Crippen molar-refractivity contribution in [3.05, 3.63) is 63.5 Å². The number of hydrogen-bond donors (Lipinski definition) is 0. The molecule has 26 heavy (non-hydrogen) atoms. The van der Waals surface area contributed by atoms with Crippen molar-refractivity contribution in [2.75, 3.05) is 19.4 Å². The average molecular weight is 400 g/mol. The maximum absolute atomic E-state index is 12.6. The van der Waals surface area contributed by atoms with E-state index >= 15 is 0 Å². The van der Waals surface area contributed by atoms with Crippen LogP contribution in [0.1, 0.15) is 19.4 Å². The van der Waals surface area contributed by atoms with E-state index in [4.69, 9.17) is 25.4 Å². The normalized spacial score (nSPS) is 11.5. The number of halogens is 1. The second-order valence-corrected chi connectivity index (χ2v) is 8.09. The van der Waals surface area contributed by atoms with E-state index in [0.717, 1.165) is 5.56 Å². The minimum Gasteiger partial charge on any atom is -0.483 e. The number of aromatic nitrogens is 1. The van der Waals surface area contributed by atoms with Crippen molar-refractivity contribution in [3.8, 4) is 5.75 Å². The maximum Gasteiger partial charge on any atom is 0.332 e. The number of ether oxygens (including phenoxy) is 1. The van der Waals surface area contributed by atoms with Gasteiger partial charge in [-0.15, -0.1) is 0 Å². The molecule has 0 radical (unpaired) electrons. The number of pyridine rings is 1. The average Bonchev–Trinajstić information content (AvgIpc) is 2.62. The molecule has 1 aromatic heterocycles.